The first-order chi connectivity index (χ1) is 8.20. The Labute approximate surface area is 101 Å². The van der Waals surface area contributed by atoms with E-state index in [9.17, 15) is 9.50 Å². The third-order valence-corrected chi connectivity index (χ3v) is 3.32. The summed E-state index contributed by atoms with van der Waals surface area (Å²) in [4.78, 5) is 0. The molecule has 1 saturated heterocycles. The van der Waals surface area contributed by atoms with Crippen LogP contribution in [0.3, 0.4) is 0 Å². The highest BCUT2D eigenvalue weighted by Crippen LogP contribution is 2.30. The number of methoxy groups -OCH3 is 1. The van der Waals surface area contributed by atoms with Crippen molar-refractivity contribution < 1.29 is 14.2 Å². The predicted molar refractivity (Wildman–Crippen MR) is 63.9 cm³/mol. The summed E-state index contributed by atoms with van der Waals surface area (Å²) < 4.78 is 18.2. The largest absolute Gasteiger partial charge is 0.508 e. The van der Waals surface area contributed by atoms with Crippen LogP contribution in [-0.2, 0) is 6.42 Å². The molecule has 0 aliphatic carbocycles. The van der Waals surface area contributed by atoms with Gasteiger partial charge in [-0.2, -0.15) is 0 Å². The van der Waals surface area contributed by atoms with Crippen LogP contribution in [0.25, 0.3) is 0 Å². The van der Waals surface area contributed by atoms with Gasteiger partial charge < -0.3 is 15.2 Å². The Morgan fingerprint density at radius 3 is 2.76 bits per heavy atom. The third kappa shape index (κ3) is 2.88. The van der Waals surface area contributed by atoms with E-state index in [2.05, 4.69) is 5.32 Å². The van der Waals surface area contributed by atoms with Gasteiger partial charge in [0.2, 0.25) is 0 Å². The van der Waals surface area contributed by atoms with E-state index < -0.39 is 5.82 Å². The molecule has 0 aromatic heterocycles. The second kappa shape index (κ2) is 5.36. The molecule has 0 saturated carbocycles. The van der Waals surface area contributed by atoms with Crippen LogP contribution in [0.4, 0.5) is 4.39 Å². The van der Waals surface area contributed by atoms with Crippen molar-refractivity contribution in [2.45, 2.75) is 19.3 Å². The number of hydrogen-bond donors (Lipinski definition) is 2. The highest BCUT2D eigenvalue weighted by Gasteiger charge is 2.17. The summed E-state index contributed by atoms with van der Waals surface area (Å²) in [6, 6.07) is 2.74. The van der Waals surface area contributed by atoms with E-state index in [4.69, 9.17) is 4.74 Å². The van der Waals surface area contributed by atoms with Crippen LogP contribution in [0.5, 0.6) is 11.5 Å². The van der Waals surface area contributed by atoms with Crippen molar-refractivity contribution in [3.63, 3.8) is 0 Å². The normalized spacial score (nSPS) is 17.1. The number of halogens is 1. The van der Waals surface area contributed by atoms with Gasteiger partial charge in [-0.25, -0.2) is 4.39 Å². The van der Waals surface area contributed by atoms with Crippen molar-refractivity contribution >= 4 is 0 Å². The van der Waals surface area contributed by atoms with Crippen molar-refractivity contribution in [3.8, 4) is 11.5 Å². The minimum atomic E-state index is -0.515. The standard InChI is InChI=1S/C13H18FNO2/c1-17-13-7-10(12(16)8-11(13)14)6-9-2-4-15-5-3-9/h7-9,15-16H,2-6H2,1H3. The Kier molecular flexibility index (Phi) is 3.84. The second-order valence-electron chi connectivity index (χ2n) is 4.51. The summed E-state index contributed by atoms with van der Waals surface area (Å²) in [5, 5.41) is 13.0. The fourth-order valence-corrected chi connectivity index (χ4v) is 2.30. The molecule has 2 N–H and O–H groups in total. The summed E-state index contributed by atoms with van der Waals surface area (Å²) in [6.07, 6.45) is 2.97. The number of ether oxygens (including phenoxy) is 1. The first kappa shape index (κ1) is 12.2. The first-order valence-corrected chi connectivity index (χ1v) is 5.97. The Bertz CT molecular complexity index is 389. The zero-order chi connectivity index (χ0) is 12.3. The summed E-state index contributed by atoms with van der Waals surface area (Å²) in [5.41, 5.74) is 0.773. The minimum absolute atomic E-state index is 0.0295. The molecule has 0 bridgehead atoms. The molecule has 1 aromatic rings. The highest BCUT2D eigenvalue weighted by atomic mass is 19.1. The van der Waals surface area contributed by atoms with E-state index in [1.165, 1.54) is 7.11 Å². The molecular formula is C13H18FNO2. The van der Waals surface area contributed by atoms with Crippen molar-refractivity contribution in [1.82, 2.24) is 5.32 Å². The molecule has 4 heteroatoms. The topological polar surface area (TPSA) is 41.5 Å². The molecule has 2 rings (SSSR count). The zero-order valence-electron chi connectivity index (χ0n) is 10.0. The van der Waals surface area contributed by atoms with E-state index in [-0.39, 0.29) is 11.5 Å². The highest BCUT2D eigenvalue weighted by molar-refractivity contribution is 5.40. The third-order valence-electron chi connectivity index (χ3n) is 3.32. The van der Waals surface area contributed by atoms with Gasteiger partial charge in [-0.05, 0) is 49.9 Å². The van der Waals surface area contributed by atoms with Gasteiger partial charge in [0, 0.05) is 6.07 Å². The maximum Gasteiger partial charge on any atom is 0.168 e. The van der Waals surface area contributed by atoms with E-state index in [1.807, 2.05) is 0 Å². The van der Waals surface area contributed by atoms with Gasteiger partial charge in [0.05, 0.1) is 7.11 Å². The van der Waals surface area contributed by atoms with Crippen molar-refractivity contribution in [1.29, 1.82) is 0 Å². The lowest BCUT2D eigenvalue weighted by Gasteiger charge is -2.23. The van der Waals surface area contributed by atoms with Crippen LogP contribution >= 0.6 is 0 Å². The fraction of sp³-hybridized carbons (Fsp3) is 0.538. The number of nitrogens with one attached hydrogen (secondary N) is 1. The molecule has 1 aliphatic rings. The maximum absolute atomic E-state index is 13.3. The average Bonchev–Trinajstić information content (AvgIpc) is 2.34. The Hall–Kier alpha value is -1.29. The second-order valence-corrected chi connectivity index (χ2v) is 4.51. The van der Waals surface area contributed by atoms with E-state index in [0.29, 0.717) is 5.92 Å². The number of rotatable bonds is 3. The van der Waals surface area contributed by atoms with E-state index in [1.54, 1.807) is 6.07 Å². The molecule has 1 heterocycles. The molecule has 0 spiro atoms. The molecule has 1 aliphatic heterocycles. The molecule has 0 unspecified atom stereocenters. The van der Waals surface area contributed by atoms with Gasteiger partial charge in [-0.1, -0.05) is 0 Å². The van der Waals surface area contributed by atoms with Crippen LogP contribution < -0.4 is 10.1 Å². The summed E-state index contributed by atoms with van der Waals surface area (Å²) in [5.74, 6) is 0.268. The van der Waals surface area contributed by atoms with Gasteiger partial charge in [0.15, 0.2) is 11.6 Å². The molecule has 94 valence electrons. The maximum atomic E-state index is 13.3. The molecule has 3 nitrogen and oxygen atoms in total. The molecule has 0 amide bonds. The Balaban J connectivity index is 2.13. The summed E-state index contributed by atoms with van der Waals surface area (Å²) >= 11 is 0. The monoisotopic (exact) mass is 239 g/mol. The fourth-order valence-electron chi connectivity index (χ4n) is 2.30. The van der Waals surface area contributed by atoms with Crippen LogP contribution in [0.1, 0.15) is 18.4 Å². The van der Waals surface area contributed by atoms with Gasteiger partial charge in [-0.3, -0.25) is 0 Å². The Morgan fingerprint density at radius 1 is 1.41 bits per heavy atom. The lowest BCUT2D eigenvalue weighted by atomic mass is 9.90. The van der Waals surface area contributed by atoms with Crippen LogP contribution in [-0.4, -0.2) is 25.3 Å². The molecule has 1 aromatic carbocycles. The number of phenolic OH excluding ortho intramolecular Hbond substituents is 1. The van der Waals surface area contributed by atoms with E-state index in [0.717, 1.165) is 44.0 Å². The molecule has 1 fully saturated rings. The van der Waals surface area contributed by atoms with Gasteiger partial charge in [-0.15, -0.1) is 0 Å². The summed E-state index contributed by atoms with van der Waals surface area (Å²) in [7, 11) is 1.43. The lowest BCUT2D eigenvalue weighted by Crippen LogP contribution is -2.28. The minimum Gasteiger partial charge on any atom is -0.508 e. The van der Waals surface area contributed by atoms with Gasteiger partial charge >= 0.3 is 0 Å². The average molecular weight is 239 g/mol. The first-order valence-electron chi connectivity index (χ1n) is 5.97. The van der Waals surface area contributed by atoms with Crippen LogP contribution in [0, 0.1) is 11.7 Å². The number of piperidine rings is 1. The SMILES string of the molecule is COc1cc(CC2CCNCC2)c(O)cc1F. The molecular weight excluding hydrogens is 221 g/mol. The number of hydrogen-bond acceptors (Lipinski definition) is 3. The van der Waals surface area contributed by atoms with Crippen molar-refractivity contribution in [2.75, 3.05) is 20.2 Å². The van der Waals surface area contributed by atoms with Crippen molar-refractivity contribution in [3.05, 3.63) is 23.5 Å². The Morgan fingerprint density at radius 2 is 2.12 bits per heavy atom. The van der Waals surface area contributed by atoms with Gasteiger partial charge in [0.1, 0.15) is 5.75 Å². The quantitative estimate of drug-likeness (QED) is 0.848. The lowest BCUT2D eigenvalue weighted by molar-refractivity contribution is 0.359. The molecule has 0 radical (unpaired) electrons. The zero-order valence-corrected chi connectivity index (χ0v) is 10.0. The molecule has 0 atom stereocenters. The smallest absolute Gasteiger partial charge is 0.168 e. The van der Waals surface area contributed by atoms with Crippen LogP contribution in [0.2, 0.25) is 0 Å². The van der Waals surface area contributed by atoms with Gasteiger partial charge in [0.25, 0.3) is 0 Å². The van der Waals surface area contributed by atoms with Crippen LogP contribution in [0.15, 0.2) is 12.1 Å². The number of benzene rings is 1. The number of aromatic hydroxyl groups is 1. The predicted octanol–water partition coefficient (Wildman–Crippen LogP) is 2.08. The number of phenols is 1. The van der Waals surface area contributed by atoms with Crippen molar-refractivity contribution in [2.24, 2.45) is 5.92 Å². The van der Waals surface area contributed by atoms with E-state index >= 15 is 0 Å². The molecule has 17 heavy (non-hydrogen) atoms. The summed E-state index contributed by atoms with van der Waals surface area (Å²) in [6.45, 7) is 2.04.